The summed E-state index contributed by atoms with van der Waals surface area (Å²) in [4.78, 5) is 0. The minimum absolute atomic E-state index is 0.0732. The largest absolute Gasteiger partial charge is 0.493 e. The van der Waals surface area contributed by atoms with Crippen LogP contribution in [0, 0.1) is 32.4 Å². The van der Waals surface area contributed by atoms with Gasteiger partial charge in [-0.1, -0.05) is 12.1 Å². The first-order valence-electron chi connectivity index (χ1n) is 6.05. The van der Waals surface area contributed by atoms with Crippen LogP contribution >= 0.6 is 0 Å². The van der Waals surface area contributed by atoms with Crippen molar-refractivity contribution in [1.82, 2.24) is 0 Å². The molecule has 0 aliphatic rings. The molecule has 0 radical (unpaired) electrons. The molecule has 0 N–H and O–H groups in total. The van der Waals surface area contributed by atoms with Gasteiger partial charge >= 0.3 is 0 Å². The van der Waals surface area contributed by atoms with Crippen molar-refractivity contribution >= 4 is 0 Å². The number of aryl methyl sites for hydroxylation is 2. The first kappa shape index (κ1) is 13.5. The Hall–Kier alpha value is -1.90. The van der Waals surface area contributed by atoms with Crippen LogP contribution in [0.2, 0.25) is 0 Å². The fourth-order valence-corrected chi connectivity index (χ4v) is 2.17. The van der Waals surface area contributed by atoms with Crippen LogP contribution in [0.15, 0.2) is 24.3 Å². The molecule has 0 heterocycles. The second kappa shape index (κ2) is 5.00. The maximum Gasteiger partial charge on any atom is 0.168 e. The Balaban J connectivity index is 2.71. The summed E-state index contributed by atoms with van der Waals surface area (Å²) in [6, 6.07) is 5.96. The molecule has 0 saturated carbocycles. The van der Waals surface area contributed by atoms with Gasteiger partial charge < -0.3 is 4.74 Å². The zero-order valence-electron chi connectivity index (χ0n) is 11.5. The molecule has 0 atom stereocenters. The number of benzene rings is 2. The highest BCUT2D eigenvalue weighted by Gasteiger charge is 2.14. The van der Waals surface area contributed by atoms with E-state index in [-0.39, 0.29) is 5.75 Å². The third kappa shape index (κ3) is 2.46. The fourth-order valence-electron chi connectivity index (χ4n) is 2.17. The molecular weight excluding hydrogens is 246 g/mol. The number of halogens is 2. The smallest absolute Gasteiger partial charge is 0.168 e. The van der Waals surface area contributed by atoms with Gasteiger partial charge in [-0.25, -0.2) is 8.78 Å². The monoisotopic (exact) mass is 262 g/mol. The van der Waals surface area contributed by atoms with Crippen molar-refractivity contribution in [1.29, 1.82) is 0 Å². The Morgan fingerprint density at radius 3 is 2.00 bits per heavy atom. The van der Waals surface area contributed by atoms with Gasteiger partial charge in [0.1, 0.15) is 5.82 Å². The summed E-state index contributed by atoms with van der Waals surface area (Å²) >= 11 is 0. The number of ether oxygens (including phenoxy) is 1. The quantitative estimate of drug-likeness (QED) is 0.770. The predicted octanol–water partition coefficient (Wildman–Crippen LogP) is 4.57. The number of hydrogen-bond donors (Lipinski definition) is 0. The van der Waals surface area contributed by atoms with Crippen molar-refractivity contribution in [3.8, 4) is 16.9 Å². The number of methoxy groups -OCH3 is 1. The van der Waals surface area contributed by atoms with Crippen LogP contribution in [0.5, 0.6) is 5.75 Å². The molecule has 19 heavy (non-hydrogen) atoms. The summed E-state index contributed by atoms with van der Waals surface area (Å²) in [6.45, 7) is 5.99. The molecule has 0 bridgehead atoms. The first-order chi connectivity index (χ1) is 8.93. The third-order valence-electron chi connectivity index (χ3n) is 3.45. The lowest BCUT2D eigenvalue weighted by Crippen LogP contribution is -1.96. The van der Waals surface area contributed by atoms with E-state index >= 15 is 0 Å². The van der Waals surface area contributed by atoms with Gasteiger partial charge in [-0.3, -0.25) is 0 Å². The van der Waals surface area contributed by atoms with Gasteiger partial charge in [-0.05, 0) is 49.1 Å². The zero-order chi connectivity index (χ0) is 14.2. The summed E-state index contributed by atoms with van der Waals surface area (Å²) in [5.74, 6) is -1.22. The van der Waals surface area contributed by atoms with E-state index in [9.17, 15) is 8.78 Å². The lowest BCUT2D eigenvalue weighted by Gasteiger charge is -2.13. The van der Waals surface area contributed by atoms with Crippen molar-refractivity contribution in [2.24, 2.45) is 0 Å². The molecule has 0 aliphatic heterocycles. The Morgan fingerprint density at radius 1 is 0.895 bits per heavy atom. The van der Waals surface area contributed by atoms with Gasteiger partial charge in [0.2, 0.25) is 0 Å². The van der Waals surface area contributed by atoms with E-state index in [1.54, 1.807) is 0 Å². The summed E-state index contributed by atoms with van der Waals surface area (Å²) in [7, 11) is 1.38. The van der Waals surface area contributed by atoms with Crippen molar-refractivity contribution < 1.29 is 13.5 Å². The first-order valence-corrected chi connectivity index (χ1v) is 6.05. The lowest BCUT2D eigenvalue weighted by molar-refractivity contribution is 0.386. The van der Waals surface area contributed by atoms with E-state index in [0.717, 1.165) is 22.8 Å². The summed E-state index contributed by atoms with van der Waals surface area (Å²) in [5, 5.41) is 0. The topological polar surface area (TPSA) is 9.23 Å². The maximum atomic E-state index is 13.7. The Bertz CT molecular complexity index is 610. The van der Waals surface area contributed by atoms with Gasteiger partial charge in [0.15, 0.2) is 11.6 Å². The van der Waals surface area contributed by atoms with Crippen LogP contribution in [-0.4, -0.2) is 7.11 Å². The van der Waals surface area contributed by atoms with Crippen LogP contribution in [0.3, 0.4) is 0 Å². The van der Waals surface area contributed by atoms with Crippen molar-refractivity contribution in [2.75, 3.05) is 7.11 Å². The molecule has 0 aromatic heterocycles. The van der Waals surface area contributed by atoms with Gasteiger partial charge in [0.05, 0.1) is 7.11 Å². The van der Waals surface area contributed by atoms with E-state index in [1.165, 1.54) is 18.7 Å². The molecule has 2 aromatic rings. The number of hydrogen-bond acceptors (Lipinski definition) is 1. The van der Waals surface area contributed by atoms with E-state index in [2.05, 4.69) is 0 Å². The molecule has 0 unspecified atom stereocenters. The normalized spacial score (nSPS) is 10.6. The van der Waals surface area contributed by atoms with Crippen LogP contribution in [0.25, 0.3) is 11.1 Å². The van der Waals surface area contributed by atoms with Crippen molar-refractivity contribution in [3.05, 3.63) is 52.6 Å². The molecule has 0 aliphatic carbocycles. The fraction of sp³-hybridized carbons (Fsp3) is 0.250. The Kier molecular flexibility index (Phi) is 3.56. The van der Waals surface area contributed by atoms with Crippen LogP contribution in [0.4, 0.5) is 8.78 Å². The SMILES string of the molecule is COc1c(F)cc(F)cc1-c1cc(C)c(C)c(C)c1. The molecular formula is C16H16F2O. The lowest BCUT2D eigenvalue weighted by atomic mass is 9.96. The molecule has 2 rings (SSSR count). The molecule has 0 fully saturated rings. The minimum Gasteiger partial charge on any atom is -0.493 e. The van der Waals surface area contributed by atoms with E-state index < -0.39 is 11.6 Å². The molecule has 0 spiro atoms. The standard InChI is InChI=1S/C16H16F2O/c1-9-5-12(6-10(2)11(9)3)14-7-13(17)8-15(18)16(14)19-4/h5-8H,1-4H3. The Labute approximate surface area is 111 Å². The maximum absolute atomic E-state index is 13.7. The Morgan fingerprint density at radius 2 is 1.47 bits per heavy atom. The molecule has 0 amide bonds. The van der Waals surface area contributed by atoms with Crippen LogP contribution < -0.4 is 4.74 Å². The average Bonchev–Trinajstić information content (AvgIpc) is 2.34. The number of rotatable bonds is 2. The summed E-state index contributed by atoms with van der Waals surface area (Å²) in [5.41, 5.74) is 4.55. The minimum atomic E-state index is -0.687. The highest BCUT2D eigenvalue weighted by atomic mass is 19.1. The highest BCUT2D eigenvalue weighted by molar-refractivity contribution is 5.72. The van der Waals surface area contributed by atoms with E-state index in [1.807, 2.05) is 32.9 Å². The van der Waals surface area contributed by atoms with E-state index in [4.69, 9.17) is 4.74 Å². The van der Waals surface area contributed by atoms with Gasteiger partial charge in [0.25, 0.3) is 0 Å². The van der Waals surface area contributed by atoms with E-state index in [0.29, 0.717) is 5.56 Å². The highest BCUT2D eigenvalue weighted by Crippen LogP contribution is 2.35. The van der Waals surface area contributed by atoms with Crippen LogP contribution in [0.1, 0.15) is 16.7 Å². The zero-order valence-corrected chi connectivity index (χ0v) is 11.5. The molecule has 2 aromatic carbocycles. The molecule has 1 nitrogen and oxygen atoms in total. The summed E-state index contributed by atoms with van der Waals surface area (Å²) in [6.07, 6.45) is 0. The van der Waals surface area contributed by atoms with Crippen LogP contribution in [-0.2, 0) is 0 Å². The second-order valence-corrected chi connectivity index (χ2v) is 4.70. The predicted molar refractivity (Wildman–Crippen MR) is 72.6 cm³/mol. The van der Waals surface area contributed by atoms with Gasteiger partial charge in [-0.2, -0.15) is 0 Å². The summed E-state index contributed by atoms with van der Waals surface area (Å²) < 4.78 is 32.2. The van der Waals surface area contributed by atoms with Gasteiger partial charge in [-0.15, -0.1) is 0 Å². The molecule has 3 heteroatoms. The molecule has 0 saturated heterocycles. The van der Waals surface area contributed by atoms with Crippen molar-refractivity contribution in [3.63, 3.8) is 0 Å². The average molecular weight is 262 g/mol. The van der Waals surface area contributed by atoms with Crippen molar-refractivity contribution in [2.45, 2.75) is 20.8 Å². The third-order valence-corrected chi connectivity index (χ3v) is 3.45. The molecule has 100 valence electrons. The second-order valence-electron chi connectivity index (χ2n) is 4.70. The van der Waals surface area contributed by atoms with Gasteiger partial charge in [0, 0.05) is 11.6 Å².